The van der Waals surface area contributed by atoms with Gasteiger partial charge in [0.15, 0.2) is 0 Å². The van der Waals surface area contributed by atoms with Crippen LogP contribution in [0, 0.1) is 0 Å². The van der Waals surface area contributed by atoms with Gasteiger partial charge in [-0.25, -0.2) is 0 Å². The molecule has 0 bridgehead atoms. The zero-order valence-electron chi connectivity index (χ0n) is 16.4. The van der Waals surface area contributed by atoms with Crippen molar-refractivity contribution in [1.29, 1.82) is 0 Å². The van der Waals surface area contributed by atoms with Crippen molar-refractivity contribution in [2.24, 2.45) is 0 Å². The Balaban J connectivity index is 1.86. The number of nitrogens with one attached hydrogen (secondary N) is 1. The zero-order valence-corrected chi connectivity index (χ0v) is 16.4. The fourth-order valence-corrected chi connectivity index (χ4v) is 4.35. The number of imide groups is 1. The molecule has 2 amide bonds. The number of aryl methyl sites for hydroxylation is 1. The number of fused-ring (bicyclic) bond motifs is 2. The molecule has 144 valence electrons. The number of aromatic amines is 1. The molecule has 0 radical (unpaired) electrons. The van der Waals surface area contributed by atoms with Gasteiger partial charge >= 0.3 is 0 Å². The van der Waals surface area contributed by atoms with E-state index in [1.807, 2.05) is 67.8 Å². The Bertz CT molecular complexity index is 1320. The van der Waals surface area contributed by atoms with E-state index in [9.17, 15) is 9.59 Å². The lowest BCUT2D eigenvalue weighted by atomic mass is 9.95. The molecule has 0 saturated carbocycles. The Kier molecular flexibility index (Phi) is 3.91. The van der Waals surface area contributed by atoms with Crippen molar-refractivity contribution >= 4 is 44.8 Å². The molecule has 1 aliphatic heterocycles. The van der Waals surface area contributed by atoms with E-state index in [0.29, 0.717) is 17.7 Å². The second-order valence-corrected chi connectivity index (χ2v) is 7.20. The van der Waals surface area contributed by atoms with Gasteiger partial charge in [-0.15, -0.1) is 0 Å². The first-order chi connectivity index (χ1) is 14.2. The Morgan fingerprint density at radius 3 is 2.17 bits per heavy atom. The van der Waals surface area contributed by atoms with Gasteiger partial charge in [-0.3, -0.25) is 14.5 Å². The highest BCUT2D eigenvalue weighted by molar-refractivity contribution is 6.50. The monoisotopic (exact) mass is 383 g/mol. The molecule has 0 spiro atoms. The number of carbonyl (C=O) groups excluding carboxylic acids is 2. The Morgan fingerprint density at radius 2 is 1.45 bits per heavy atom. The molecule has 0 fully saturated rings. The van der Waals surface area contributed by atoms with Gasteiger partial charge in [0.2, 0.25) is 0 Å². The molecule has 5 heteroatoms. The second-order valence-electron chi connectivity index (χ2n) is 7.20. The van der Waals surface area contributed by atoms with Crippen LogP contribution in [0.15, 0.2) is 60.9 Å². The first kappa shape index (κ1) is 17.5. The molecular weight excluding hydrogens is 362 g/mol. The first-order valence-electron chi connectivity index (χ1n) is 9.90. The second kappa shape index (κ2) is 6.48. The van der Waals surface area contributed by atoms with E-state index < -0.39 is 0 Å². The molecule has 0 unspecified atom stereocenters. The van der Waals surface area contributed by atoms with Crippen LogP contribution in [-0.4, -0.2) is 32.8 Å². The molecule has 3 heterocycles. The van der Waals surface area contributed by atoms with Crippen LogP contribution in [0.2, 0.25) is 0 Å². The highest BCUT2D eigenvalue weighted by atomic mass is 16.2. The van der Waals surface area contributed by atoms with Gasteiger partial charge in [0, 0.05) is 58.4 Å². The van der Waals surface area contributed by atoms with Crippen molar-refractivity contribution in [2.75, 3.05) is 6.54 Å². The minimum absolute atomic E-state index is 0.225. The van der Waals surface area contributed by atoms with Crippen molar-refractivity contribution in [3.8, 4) is 0 Å². The molecule has 0 aliphatic carbocycles. The number of hydrogen-bond donors (Lipinski definition) is 1. The standard InChI is InChI=1S/C24H21N3O2/c1-3-26-14-18(16-10-6-8-12-20(16)26)22-21(23(28)27(4-2)24(22)29)17-13-25-19-11-7-5-9-15(17)19/h5-14,25H,3-4H2,1-2H3. The lowest BCUT2D eigenvalue weighted by Crippen LogP contribution is -2.31. The summed E-state index contributed by atoms with van der Waals surface area (Å²) in [7, 11) is 0. The van der Waals surface area contributed by atoms with E-state index in [-0.39, 0.29) is 11.8 Å². The number of para-hydroxylation sites is 2. The number of likely N-dealkylation sites (N-methyl/N-ethyl adjacent to an activating group) is 1. The van der Waals surface area contributed by atoms with Gasteiger partial charge in [0.05, 0.1) is 11.1 Å². The number of H-pyrrole nitrogens is 1. The lowest BCUT2D eigenvalue weighted by molar-refractivity contribution is -0.135. The maximum absolute atomic E-state index is 13.4. The van der Waals surface area contributed by atoms with Crippen LogP contribution in [0.25, 0.3) is 33.0 Å². The van der Waals surface area contributed by atoms with E-state index in [1.54, 1.807) is 0 Å². The average Bonchev–Trinajstić information content (AvgIpc) is 3.40. The minimum atomic E-state index is -0.231. The van der Waals surface area contributed by atoms with Crippen LogP contribution in [-0.2, 0) is 16.1 Å². The van der Waals surface area contributed by atoms with E-state index in [4.69, 9.17) is 0 Å². The summed E-state index contributed by atoms with van der Waals surface area (Å²) >= 11 is 0. The maximum atomic E-state index is 13.4. The fourth-order valence-electron chi connectivity index (χ4n) is 4.35. The van der Waals surface area contributed by atoms with E-state index in [2.05, 4.69) is 16.5 Å². The first-order valence-corrected chi connectivity index (χ1v) is 9.90. The summed E-state index contributed by atoms with van der Waals surface area (Å²) in [5, 5.41) is 1.93. The summed E-state index contributed by atoms with van der Waals surface area (Å²) < 4.78 is 2.12. The summed E-state index contributed by atoms with van der Waals surface area (Å²) in [5.41, 5.74) is 4.57. The van der Waals surface area contributed by atoms with Gasteiger partial charge in [-0.05, 0) is 26.0 Å². The van der Waals surface area contributed by atoms with Crippen LogP contribution in [0.1, 0.15) is 25.0 Å². The molecule has 4 aromatic rings. The summed E-state index contributed by atoms with van der Waals surface area (Å²) in [5.74, 6) is -0.456. The van der Waals surface area contributed by atoms with E-state index >= 15 is 0 Å². The van der Waals surface area contributed by atoms with Crippen molar-refractivity contribution < 1.29 is 9.59 Å². The summed E-state index contributed by atoms with van der Waals surface area (Å²) in [6, 6.07) is 15.9. The average molecular weight is 383 g/mol. The number of rotatable bonds is 4. The summed E-state index contributed by atoms with van der Waals surface area (Å²) in [4.78, 5) is 31.2. The summed E-state index contributed by atoms with van der Waals surface area (Å²) in [6.07, 6.45) is 3.84. The van der Waals surface area contributed by atoms with Crippen LogP contribution in [0.4, 0.5) is 0 Å². The Morgan fingerprint density at radius 1 is 0.793 bits per heavy atom. The van der Waals surface area contributed by atoms with Gasteiger partial charge in [0.1, 0.15) is 0 Å². The molecular formula is C24H21N3O2. The molecule has 2 aromatic heterocycles. The van der Waals surface area contributed by atoms with Crippen molar-refractivity contribution in [3.05, 3.63) is 72.1 Å². The zero-order chi connectivity index (χ0) is 20.1. The fraction of sp³-hybridized carbons (Fsp3) is 0.167. The number of hydrogen-bond acceptors (Lipinski definition) is 2. The third-order valence-electron chi connectivity index (χ3n) is 5.74. The predicted molar refractivity (Wildman–Crippen MR) is 115 cm³/mol. The molecule has 1 N–H and O–H groups in total. The van der Waals surface area contributed by atoms with Crippen LogP contribution < -0.4 is 0 Å². The maximum Gasteiger partial charge on any atom is 0.262 e. The van der Waals surface area contributed by atoms with E-state index in [1.165, 1.54) is 4.90 Å². The number of nitrogens with zero attached hydrogens (tertiary/aromatic N) is 2. The van der Waals surface area contributed by atoms with Gasteiger partial charge in [0.25, 0.3) is 11.8 Å². The molecule has 29 heavy (non-hydrogen) atoms. The highest BCUT2D eigenvalue weighted by Gasteiger charge is 2.40. The predicted octanol–water partition coefficient (Wildman–Crippen LogP) is 4.44. The smallest absolute Gasteiger partial charge is 0.262 e. The highest BCUT2D eigenvalue weighted by Crippen LogP contribution is 2.41. The van der Waals surface area contributed by atoms with Crippen LogP contribution in [0.5, 0.6) is 0 Å². The quantitative estimate of drug-likeness (QED) is 0.530. The molecule has 2 aromatic carbocycles. The largest absolute Gasteiger partial charge is 0.361 e. The summed E-state index contributed by atoms with van der Waals surface area (Å²) in [6.45, 7) is 5.04. The lowest BCUT2D eigenvalue weighted by Gasteiger charge is -2.11. The van der Waals surface area contributed by atoms with E-state index in [0.717, 1.165) is 39.5 Å². The third-order valence-corrected chi connectivity index (χ3v) is 5.74. The molecule has 5 rings (SSSR count). The third kappa shape index (κ3) is 2.40. The molecule has 1 aliphatic rings. The van der Waals surface area contributed by atoms with Crippen LogP contribution in [0.3, 0.4) is 0 Å². The Hall–Kier alpha value is -3.60. The minimum Gasteiger partial charge on any atom is -0.361 e. The van der Waals surface area contributed by atoms with Gasteiger partial charge < -0.3 is 9.55 Å². The molecule has 5 nitrogen and oxygen atoms in total. The Labute approximate surface area is 168 Å². The van der Waals surface area contributed by atoms with Crippen LogP contribution >= 0.6 is 0 Å². The van der Waals surface area contributed by atoms with Crippen molar-refractivity contribution in [2.45, 2.75) is 20.4 Å². The number of benzene rings is 2. The van der Waals surface area contributed by atoms with Crippen molar-refractivity contribution in [3.63, 3.8) is 0 Å². The molecule has 0 saturated heterocycles. The normalized spacial score (nSPS) is 14.8. The number of amides is 2. The number of aromatic nitrogens is 2. The van der Waals surface area contributed by atoms with Gasteiger partial charge in [-0.1, -0.05) is 36.4 Å². The number of carbonyl (C=O) groups is 2. The molecule has 0 atom stereocenters. The topological polar surface area (TPSA) is 58.1 Å². The SMILES string of the molecule is CCN1C(=O)C(c2c[nH]c3ccccc23)=C(c2cn(CC)c3ccccc23)C1=O. The van der Waals surface area contributed by atoms with Gasteiger partial charge in [-0.2, -0.15) is 0 Å². The van der Waals surface area contributed by atoms with Crippen molar-refractivity contribution in [1.82, 2.24) is 14.5 Å².